The van der Waals surface area contributed by atoms with Crippen LogP contribution in [0.1, 0.15) is 30.6 Å². The van der Waals surface area contributed by atoms with Gasteiger partial charge in [-0.25, -0.2) is 0 Å². The van der Waals surface area contributed by atoms with Crippen molar-refractivity contribution in [1.29, 1.82) is 0 Å². The summed E-state index contributed by atoms with van der Waals surface area (Å²) in [5.41, 5.74) is 7.94. The Balaban J connectivity index is 0.00000121. The summed E-state index contributed by atoms with van der Waals surface area (Å²) in [6.07, 6.45) is 2.79. The topological polar surface area (TPSA) is 38.9 Å². The van der Waals surface area contributed by atoms with E-state index in [2.05, 4.69) is 11.9 Å². The molecule has 1 unspecified atom stereocenters. The number of pyridine rings is 1. The largest absolute Gasteiger partial charge is 0.323 e. The Morgan fingerprint density at radius 3 is 2.58 bits per heavy atom. The predicted molar refractivity (Wildman–Crippen MR) is 53.4 cm³/mol. The first-order valence-electron chi connectivity index (χ1n) is 3.92. The van der Waals surface area contributed by atoms with Crippen LogP contribution in [0.3, 0.4) is 0 Å². The predicted octanol–water partition coefficient (Wildman–Crippen LogP) is 2.22. The molecule has 1 rings (SSSR count). The maximum Gasteiger partial charge on any atom is 0.0571 e. The zero-order valence-corrected chi connectivity index (χ0v) is 8.27. The Kier molecular flexibility index (Phi) is 4.86. The van der Waals surface area contributed by atoms with Crippen LogP contribution in [0.4, 0.5) is 0 Å². The normalized spacial score (nSPS) is 11.9. The van der Waals surface area contributed by atoms with Crippen molar-refractivity contribution in [3.8, 4) is 0 Å². The fraction of sp³-hybridized carbons (Fsp3) is 0.444. The lowest BCUT2D eigenvalue weighted by Gasteiger charge is -2.06. The van der Waals surface area contributed by atoms with Gasteiger partial charge in [0.2, 0.25) is 0 Å². The van der Waals surface area contributed by atoms with Gasteiger partial charge in [-0.2, -0.15) is 0 Å². The van der Waals surface area contributed by atoms with Gasteiger partial charge in [0, 0.05) is 12.2 Å². The first kappa shape index (κ1) is 11.4. The van der Waals surface area contributed by atoms with Crippen molar-refractivity contribution in [2.75, 3.05) is 0 Å². The summed E-state index contributed by atoms with van der Waals surface area (Å²) in [5, 5.41) is 0. The highest BCUT2D eigenvalue weighted by Gasteiger charge is 2.02. The number of aromatic nitrogens is 1. The Morgan fingerprint density at radius 1 is 1.50 bits per heavy atom. The minimum absolute atomic E-state index is 0. The first-order chi connectivity index (χ1) is 5.24. The second-order valence-corrected chi connectivity index (χ2v) is 2.78. The second kappa shape index (κ2) is 5.12. The number of aryl methyl sites for hydroxylation is 1. The molecule has 0 saturated heterocycles. The lowest BCUT2D eigenvalue weighted by molar-refractivity contribution is 0.675. The average Bonchev–Trinajstić information content (AvgIpc) is 2.05. The highest BCUT2D eigenvalue weighted by molar-refractivity contribution is 5.85. The van der Waals surface area contributed by atoms with E-state index in [0.29, 0.717) is 0 Å². The molecule has 1 aromatic heterocycles. The van der Waals surface area contributed by atoms with Gasteiger partial charge in [0.1, 0.15) is 0 Å². The SMILES string of the molecule is CCC(N)c1ccc(C)cn1.Cl. The Hall–Kier alpha value is -0.600. The molecule has 0 radical (unpaired) electrons. The van der Waals surface area contributed by atoms with Crippen LogP contribution in [0, 0.1) is 6.92 Å². The minimum Gasteiger partial charge on any atom is -0.323 e. The molecule has 68 valence electrons. The molecule has 2 N–H and O–H groups in total. The van der Waals surface area contributed by atoms with Gasteiger partial charge in [-0.15, -0.1) is 12.4 Å². The molecule has 0 bridgehead atoms. The van der Waals surface area contributed by atoms with Crippen molar-refractivity contribution in [1.82, 2.24) is 4.98 Å². The first-order valence-corrected chi connectivity index (χ1v) is 3.92. The Bertz CT molecular complexity index is 220. The van der Waals surface area contributed by atoms with Gasteiger partial charge >= 0.3 is 0 Å². The van der Waals surface area contributed by atoms with E-state index in [4.69, 9.17) is 5.73 Å². The lowest BCUT2D eigenvalue weighted by atomic mass is 10.1. The van der Waals surface area contributed by atoms with Crippen molar-refractivity contribution in [2.24, 2.45) is 5.73 Å². The minimum atomic E-state index is 0. The highest BCUT2D eigenvalue weighted by atomic mass is 35.5. The molecule has 2 nitrogen and oxygen atoms in total. The lowest BCUT2D eigenvalue weighted by Crippen LogP contribution is -2.10. The highest BCUT2D eigenvalue weighted by Crippen LogP contribution is 2.10. The van der Waals surface area contributed by atoms with E-state index in [9.17, 15) is 0 Å². The van der Waals surface area contributed by atoms with Gasteiger partial charge in [0.15, 0.2) is 0 Å². The van der Waals surface area contributed by atoms with Crippen molar-refractivity contribution in [3.05, 3.63) is 29.6 Å². The van der Waals surface area contributed by atoms with Gasteiger partial charge < -0.3 is 5.73 Å². The van der Waals surface area contributed by atoms with E-state index >= 15 is 0 Å². The maximum atomic E-state index is 5.78. The van der Waals surface area contributed by atoms with Crippen LogP contribution < -0.4 is 5.73 Å². The number of hydrogen-bond acceptors (Lipinski definition) is 2. The smallest absolute Gasteiger partial charge is 0.0571 e. The van der Waals surface area contributed by atoms with Crippen LogP contribution in [0.2, 0.25) is 0 Å². The maximum absolute atomic E-state index is 5.78. The third kappa shape index (κ3) is 2.80. The molecular formula is C9H15ClN2. The van der Waals surface area contributed by atoms with E-state index < -0.39 is 0 Å². The average molecular weight is 187 g/mol. The zero-order valence-electron chi connectivity index (χ0n) is 7.45. The number of halogens is 1. The summed E-state index contributed by atoms with van der Waals surface area (Å²) in [4.78, 5) is 4.22. The van der Waals surface area contributed by atoms with Crippen LogP contribution in [-0.2, 0) is 0 Å². The summed E-state index contributed by atoms with van der Waals surface area (Å²) in [7, 11) is 0. The molecule has 1 atom stereocenters. The van der Waals surface area contributed by atoms with E-state index in [1.807, 2.05) is 25.3 Å². The Labute approximate surface area is 79.6 Å². The summed E-state index contributed by atoms with van der Waals surface area (Å²) in [6.45, 7) is 4.08. The molecule has 12 heavy (non-hydrogen) atoms. The molecular weight excluding hydrogens is 172 g/mol. The van der Waals surface area contributed by atoms with Crippen molar-refractivity contribution < 1.29 is 0 Å². The third-order valence-electron chi connectivity index (χ3n) is 1.75. The van der Waals surface area contributed by atoms with Crippen LogP contribution in [-0.4, -0.2) is 4.98 Å². The molecule has 1 aromatic rings. The van der Waals surface area contributed by atoms with Gasteiger partial charge in [0.05, 0.1) is 5.69 Å². The zero-order chi connectivity index (χ0) is 8.27. The second-order valence-electron chi connectivity index (χ2n) is 2.78. The molecule has 0 fully saturated rings. The number of nitrogens with two attached hydrogens (primary N) is 1. The molecule has 0 amide bonds. The van der Waals surface area contributed by atoms with Gasteiger partial charge in [-0.3, -0.25) is 4.98 Å². The number of rotatable bonds is 2. The van der Waals surface area contributed by atoms with Gasteiger partial charge in [-0.05, 0) is 25.0 Å². The number of nitrogens with zero attached hydrogens (tertiary/aromatic N) is 1. The van der Waals surface area contributed by atoms with Crippen LogP contribution in [0.15, 0.2) is 18.3 Å². The fourth-order valence-corrected chi connectivity index (χ4v) is 0.908. The Morgan fingerprint density at radius 2 is 2.17 bits per heavy atom. The summed E-state index contributed by atoms with van der Waals surface area (Å²) in [5.74, 6) is 0. The van der Waals surface area contributed by atoms with E-state index in [-0.39, 0.29) is 18.4 Å². The molecule has 0 aliphatic heterocycles. The quantitative estimate of drug-likeness (QED) is 0.770. The van der Waals surface area contributed by atoms with Crippen LogP contribution in [0.25, 0.3) is 0 Å². The summed E-state index contributed by atoms with van der Waals surface area (Å²) in [6, 6.07) is 4.12. The molecule has 0 saturated carbocycles. The molecule has 1 heterocycles. The van der Waals surface area contributed by atoms with Crippen LogP contribution >= 0.6 is 12.4 Å². The molecule has 0 aliphatic rings. The van der Waals surface area contributed by atoms with Gasteiger partial charge in [-0.1, -0.05) is 13.0 Å². The van der Waals surface area contributed by atoms with E-state index in [0.717, 1.165) is 12.1 Å². The van der Waals surface area contributed by atoms with Crippen molar-refractivity contribution in [2.45, 2.75) is 26.3 Å². The van der Waals surface area contributed by atoms with Crippen molar-refractivity contribution >= 4 is 12.4 Å². The van der Waals surface area contributed by atoms with E-state index in [1.54, 1.807) is 0 Å². The van der Waals surface area contributed by atoms with Crippen LogP contribution in [0.5, 0.6) is 0 Å². The monoisotopic (exact) mass is 186 g/mol. The molecule has 0 aromatic carbocycles. The molecule has 0 spiro atoms. The van der Waals surface area contributed by atoms with Crippen molar-refractivity contribution in [3.63, 3.8) is 0 Å². The molecule has 0 aliphatic carbocycles. The third-order valence-corrected chi connectivity index (χ3v) is 1.75. The fourth-order valence-electron chi connectivity index (χ4n) is 0.908. The number of hydrogen-bond donors (Lipinski definition) is 1. The summed E-state index contributed by atoms with van der Waals surface area (Å²) >= 11 is 0. The summed E-state index contributed by atoms with van der Waals surface area (Å²) < 4.78 is 0. The molecule has 3 heteroatoms. The van der Waals surface area contributed by atoms with Gasteiger partial charge in [0.25, 0.3) is 0 Å². The standard InChI is InChI=1S/C9H14N2.ClH/c1-3-8(10)9-5-4-7(2)6-11-9;/h4-6,8H,3,10H2,1-2H3;1H. The van der Waals surface area contributed by atoms with E-state index in [1.165, 1.54) is 5.56 Å².